The van der Waals surface area contributed by atoms with E-state index in [-0.39, 0.29) is 47.8 Å². The van der Waals surface area contributed by atoms with Crippen LogP contribution in [0.1, 0.15) is 60.5 Å². The van der Waals surface area contributed by atoms with Gasteiger partial charge in [0, 0.05) is 36.9 Å². The number of hydrogen-bond acceptors (Lipinski definition) is 8. The number of carbonyl (C=O) groups is 2. The molecule has 0 aliphatic heterocycles. The second kappa shape index (κ2) is 17.6. The number of aliphatic hydroxyl groups is 1. The molecule has 49 heavy (non-hydrogen) atoms. The quantitative estimate of drug-likeness (QED) is 0.0811. The number of benzene rings is 3. The van der Waals surface area contributed by atoms with Gasteiger partial charge in [0.2, 0.25) is 15.9 Å². The van der Waals surface area contributed by atoms with Crippen molar-refractivity contribution in [2.75, 3.05) is 31.2 Å². The highest BCUT2D eigenvalue weighted by molar-refractivity contribution is 7.89. The fourth-order valence-electron chi connectivity index (χ4n) is 5.69. The molecule has 7 N–H and O–H groups in total. The highest BCUT2D eigenvalue weighted by Crippen LogP contribution is 2.29. The highest BCUT2D eigenvalue weighted by Gasteiger charge is 2.34. The number of rotatable bonds is 17. The third-order valence-corrected chi connectivity index (χ3v) is 10.1. The average molecular weight is 687 g/mol. The SMILES string of the molecule is CC(C)CN(C(CO)CCCCNC(=O)C(NC(=O)c1ccc(N)nc1)C(c1ccccc1)c1ccccc1)S(=O)(=O)c1ccc(N)cc1. The number of pyridine rings is 1. The van der Waals surface area contributed by atoms with Gasteiger partial charge in [0.25, 0.3) is 5.91 Å². The molecule has 3 aromatic carbocycles. The number of carbonyl (C=O) groups excluding carboxylic acids is 2. The topological polar surface area (TPSA) is 181 Å². The molecule has 260 valence electrons. The van der Waals surface area contributed by atoms with Gasteiger partial charge in [-0.2, -0.15) is 4.31 Å². The first kappa shape index (κ1) is 37.0. The number of nitrogens with zero attached hydrogens (tertiary/aromatic N) is 2. The maximum atomic E-state index is 13.9. The minimum atomic E-state index is -3.89. The van der Waals surface area contributed by atoms with Crippen LogP contribution in [0.4, 0.5) is 11.5 Å². The molecule has 2 unspecified atom stereocenters. The zero-order chi connectivity index (χ0) is 35.4. The van der Waals surface area contributed by atoms with Crippen LogP contribution in [0.5, 0.6) is 0 Å². The molecule has 4 rings (SSSR count). The van der Waals surface area contributed by atoms with Gasteiger partial charge in [-0.3, -0.25) is 9.59 Å². The molecule has 0 aliphatic rings. The number of aromatic nitrogens is 1. The molecule has 0 saturated carbocycles. The molecule has 12 heteroatoms. The van der Waals surface area contributed by atoms with Gasteiger partial charge in [-0.15, -0.1) is 0 Å². The number of anilines is 2. The summed E-state index contributed by atoms with van der Waals surface area (Å²) in [5.41, 5.74) is 13.9. The Morgan fingerprint density at radius 2 is 1.47 bits per heavy atom. The average Bonchev–Trinajstić information content (AvgIpc) is 3.10. The Balaban J connectivity index is 1.49. The Labute approximate surface area is 288 Å². The summed E-state index contributed by atoms with van der Waals surface area (Å²) in [6, 6.07) is 26.5. The summed E-state index contributed by atoms with van der Waals surface area (Å²) in [6.07, 6.45) is 2.80. The Kier molecular flexibility index (Phi) is 13.3. The molecule has 2 atom stereocenters. The largest absolute Gasteiger partial charge is 0.399 e. The van der Waals surface area contributed by atoms with E-state index in [1.807, 2.05) is 74.5 Å². The van der Waals surface area contributed by atoms with Crippen molar-refractivity contribution >= 4 is 33.3 Å². The van der Waals surface area contributed by atoms with Crippen LogP contribution in [0.15, 0.2) is 108 Å². The van der Waals surface area contributed by atoms with Crippen LogP contribution in [-0.4, -0.2) is 66.4 Å². The van der Waals surface area contributed by atoms with Crippen molar-refractivity contribution in [1.29, 1.82) is 0 Å². The van der Waals surface area contributed by atoms with E-state index in [9.17, 15) is 23.1 Å². The zero-order valence-electron chi connectivity index (χ0n) is 27.9. The minimum Gasteiger partial charge on any atom is -0.399 e. The number of nitrogens with two attached hydrogens (primary N) is 2. The van der Waals surface area contributed by atoms with Gasteiger partial charge in [-0.1, -0.05) is 80.9 Å². The van der Waals surface area contributed by atoms with Gasteiger partial charge < -0.3 is 27.2 Å². The molecule has 0 bridgehead atoms. The molecule has 0 aliphatic carbocycles. The number of nitrogens with one attached hydrogen (secondary N) is 2. The number of aliphatic hydroxyl groups excluding tert-OH is 1. The van der Waals surface area contributed by atoms with Gasteiger partial charge in [0.15, 0.2) is 0 Å². The lowest BCUT2D eigenvalue weighted by Crippen LogP contribution is -2.50. The normalized spacial score (nSPS) is 12.9. The standard InChI is InChI=1S/C37H46N6O5S/c1-26(2)24-43(49(47,48)32-19-17-30(38)18-20-32)31(25-44)15-9-10-22-40-37(46)35(42-36(45)29-16-21-33(39)41-23-29)34(27-11-5-3-6-12-27)28-13-7-4-8-14-28/h3-8,11-14,16-21,23,26,31,34-35,44H,9-10,15,22,24-25,38H2,1-2H3,(H2,39,41)(H,40,46)(H,42,45). The fourth-order valence-corrected chi connectivity index (χ4v) is 7.50. The first-order valence-corrected chi connectivity index (χ1v) is 17.8. The van der Waals surface area contributed by atoms with Crippen LogP contribution in [0.3, 0.4) is 0 Å². The van der Waals surface area contributed by atoms with Gasteiger partial charge in [0.05, 0.1) is 17.1 Å². The molecule has 1 heterocycles. The van der Waals surface area contributed by atoms with Crippen LogP contribution in [0.25, 0.3) is 0 Å². The predicted molar refractivity (Wildman–Crippen MR) is 192 cm³/mol. The fraction of sp³-hybridized carbons (Fsp3) is 0.324. The molecule has 4 aromatic rings. The summed E-state index contributed by atoms with van der Waals surface area (Å²) < 4.78 is 28.6. The van der Waals surface area contributed by atoms with E-state index in [0.717, 1.165) is 11.1 Å². The van der Waals surface area contributed by atoms with E-state index >= 15 is 0 Å². The molecular weight excluding hydrogens is 641 g/mol. The number of nitrogen functional groups attached to an aromatic ring is 2. The summed E-state index contributed by atoms with van der Waals surface area (Å²) in [6.45, 7) is 4.01. The first-order valence-electron chi connectivity index (χ1n) is 16.4. The van der Waals surface area contributed by atoms with E-state index < -0.39 is 33.9 Å². The van der Waals surface area contributed by atoms with Gasteiger partial charge >= 0.3 is 0 Å². The number of amides is 2. The lowest BCUT2D eigenvalue weighted by Gasteiger charge is -2.31. The summed E-state index contributed by atoms with van der Waals surface area (Å²) in [7, 11) is -3.89. The Bertz CT molecular complexity index is 1700. The smallest absolute Gasteiger partial charge is 0.253 e. The van der Waals surface area contributed by atoms with Crippen molar-refractivity contribution in [3.63, 3.8) is 0 Å². The summed E-state index contributed by atoms with van der Waals surface area (Å²) in [4.78, 5) is 31.5. The van der Waals surface area contributed by atoms with Crippen molar-refractivity contribution in [2.24, 2.45) is 5.92 Å². The van der Waals surface area contributed by atoms with E-state index in [4.69, 9.17) is 11.5 Å². The number of sulfonamides is 1. The Morgan fingerprint density at radius 3 is 2.00 bits per heavy atom. The minimum absolute atomic E-state index is 0.0234. The predicted octanol–water partition coefficient (Wildman–Crippen LogP) is 4.17. The number of hydrogen-bond donors (Lipinski definition) is 5. The van der Waals surface area contributed by atoms with Gasteiger partial charge in [0.1, 0.15) is 11.9 Å². The van der Waals surface area contributed by atoms with E-state index in [1.54, 1.807) is 18.2 Å². The molecule has 2 amide bonds. The third-order valence-electron chi connectivity index (χ3n) is 8.18. The van der Waals surface area contributed by atoms with E-state index in [0.29, 0.717) is 24.9 Å². The van der Waals surface area contributed by atoms with Crippen LogP contribution in [-0.2, 0) is 14.8 Å². The third kappa shape index (κ3) is 10.1. The maximum absolute atomic E-state index is 13.9. The van der Waals surface area contributed by atoms with Gasteiger partial charge in [-0.05, 0) is 66.3 Å². The summed E-state index contributed by atoms with van der Waals surface area (Å²) in [5.74, 6) is -1.05. The summed E-state index contributed by atoms with van der Waals surface area (Å²) >= 11 is 0. The lowest BCUT2D eigenvalue weighted by molar-refractivity contribution is -0.123. The molecule has 0 fully saturated rings. The second-order valence-corrected chi connectivity index (χ2v) is 14.3. The lowest BCUT2D eigenvalue weighted by atomic mass is 9.84. The maximum Gasteiger partial charge on any atom is 0.253 e. The Hall–Kier alpha value is -4.78. The van der Waals surface area contributed by atoms with E-state index in [2.05, 4.69) is 15.6 Å². The van der Waals surface area contributed by atoms with Gasteiger partial charge in [-0.25, -0.2) is 13.4 Å². The molecule has 0 spiro atoms. The highest BCUT2D eigenvalue weighted by atomic mass is 32.2. The zero-order valence-corrected chi connectivity index (χ0v) is 28.7. The van der Waals surface area contributed by atoms with Crippen LogP contribution < -0.4 is 22.1 Å². The number of unbranched alkanes of at least 4 members (excludes halogenated alkanes) is 1. The first-order chi connectivity index (χ1) is 23.5. The molecule has 0 radical (unpaired) electrons. The van der Waals surface area contributed by atoms with Crippen molar-refractivity contribution in [3.8, 4) is 0 Å². The van der Waals surface area contributed by atoms with Crippen molar-refractivity contribution in [3.05, 3.63) is 120 Å². The van der Waals surface area contributed by atoms with Crippen LogP contribution >= 0.6 is 0 Å². The molecular formula is C37H46N6O5S. The Morgan fingerprint density at radius 1 is 0.857 bits per heavy atom. The van der Waals surface area contributed by atoms with Crippen molar-refractivity contribution in [1.82, 2.24) is 19.9 Å². The van der Waals surface area contributed by atoms with Crippen LogP contribution in [0, 0.1) is 5.92 Å². The molecule has 0 saturated heterocycles. The van der Waals surface area contributed by atoms with Crippen molar-refractivity contribution in [2.45, 2.75) is 56.0 Å². The van der Waals surface area contributed by atoms with Crippen molar-refractivity contribution < 1.29 is 23.1 Å². The molecule has 1 aromatic heterocycles. The summed E-state index contributed by atoms with van der Waals surface area (Å²) in [5, 5.41) is 16.2. The molecule has 11 nitrogen and oxygen atoms in total. The van der Waals surface area contributed by atoms with E-state index in [1.165, 1.54) is 28.7 Å². The monoisotopic (exact) mass is 686 g/mol. The second-order valence-electron chi connectivity index (χ2n) is 12.4. The van der Waals surface area contributed by atoms with Crippen LogP contribution in [0.2, 0.25) is 0 Å².